The molecule has 1 aromatic carbocycles. The molecule has 0 saturated carbocycles. The molecule has 6 nitrogen and oxygen atoms in total. The van der Waals surface area contributed by atoms with Gasteiger partial charge in [0.2, 0.25) is 4.80 Å². The van der Waals surface area contributed by atoms with Crippen molar-refractivity contribution in [3.63, 3.8) is 0 Å². The van der Waals surface area contributed by atoms with Gasteiger partial charge < -0.3 is 14.5 Å². The van der Waals surface area contributed by atoms with Crippen molar-refractivity contribution in [3.05, 3.63) is 39.6 Å². The number of hydrogen-bond acceptors (Lipinski definition) is 6. The predicted octanol–water partition coefficient (Wildman–Crippen LogP) is 3.08. The Bertz CT molecular complexity index is 808. The van der Waals surface area contributed by atoms with E-state index < -0.39 is 0 Å². The summed E-state index contributed by atoms with van der Waals surface area (Å²) >= 11 is 1.43. The number of ketones is 1. The summed E-state index contributed by atoms with van der Waals surface area (Å²) in [6.45, 7) is 9.10. The van der Waals surface area contributed by atoms with Gasteiger partial charge in [-0.2, -0.15) is 0 Å². The van der Waals surface area contributed by atoms with Gasteiger partial charge in [0.1, 0.15) is 5.75 Å². The lowest BCUT2D eigenvalue weighted by Gasteiger charge is -2.30. The van der Waals surface area contributed by atoms with Crippen molar-refractivity contribution in [2.24, 2.45) is 4.99 Å². The van der Waals surface area contributed by atoms with Crippen LogP contribution in [-0.4, -0.2) is 43.4 Å². The molecule has 26 heavy (non-hydrogen) atoms. The second kappa shape index (κ2) is 9.21. The molecule has 0 spiro atoms. The fourth-order valence-corrected chi connectivity index (χ4v) is 3.88. The van der Waals surface area contributed by atoms with E-state index in [2.05, 4.69) is 9.69 Å². The van der Waals surface area contributed by atoms with Crippen LogP contribution in [0.4, 0.5) is 5.69 Å². The van der Waals surface area contributed by atoms with Crippen LogP contribution < -0.4 is 14.5 Å². The van der Waals surface area contributed by atoms with Crippen LogP contribution >= 0.6 is 23.7 Å². The number of halogens is 1. The second-order valence-electron chi connectivity index (χ2n) is 5.77. The minimum atomic E-state index is 0. The standard InChI is InChI=1S/C18H23N3O3S.ClH/c1-4-24-16-7-5-15(6-8-16)19-18-21(20-9-11-23-12-10-20)13(2)17(25-18)14(3)22;/h5-8H,4,9-12H2,1-3H3;1H. The maximum atomic E-state index is 12.0. The van der Waals surface area contributed by atoms with Crippen LogP contribution in [0.1, 0.15) is 29.2 Å². The van der Waals surface area contributed by atoms with Gasteiger partial charge in [0.15, 0.2) is 5.78 Å². The summed E-state index contributed by atoms with van der Waals surface area (Å²) in [6.07, 6.45) is 0. The number of carbonyl (C=O) groups is 1. The molecule has 0 atom stereocenters. The van der Waals surface area contributed by atoms with Gasteiger partial charge >= 0.3 is 0 Å². The number of aromatic nitrogens is 1. The van der Waals surface area contributed by atoms with Crippen molar-refractivity contribution in [3.8, 4) is 5.75 Å². The minimum absolute atomic E-state index is 0. The Balaban J connectivity index is 0.00000243. The van der Waals surface area contributed by atoms with Crippen molar-refractivity contribution in [2.45, 2.75) is 20.8 Å². The van der Waals surface area contributed by atoms with Gasteiger partial charge in [0.25, 0.3) is 0 Å². The van der Waals surface area contributed by atoms with Gasteiger partial charge in [0.05, 0.1) is 49.2 Å². The van der Waals surface area contributed by atoms with E-state index in [-0.39, 0.29) is 18.2 Å². The highest BCUT2D eigenvalue weighted by Gasteiger charge is 2.19. The maximum absolute atomic E-state index is 12.0. The first-order chi connectivity index (χ1) is 12.1. The van der Waals surface area contributed by atoms with E-state index >= 15 is 0 Å². The van der Waals surface area contributed by atoms with E-state index in [1.54, 1.807) is 6.92 Å². The average molecular weight is 398 g/mol. The van der Waals surface area contributed by atoms with Gasteiger partial charge in [-0.15, -0.1) is 12.4 Å². The Morgan fingerprint density at radius 3 is 2.50 bits per heavy atom. The Hall–Kier alpha value is -1.83. The smallest absolute Gasteiger partial charge is 0.209 e. The molecule has 2 heterocycles. The second-order valence-corrected chi connectivity index (χ2v) is 6.75. The number of thiazole rings is 1. The van der Waals surface area contributed by atoms with Crippen LogP contribution in [0.25, 0.3) is 0 Å². The Kier molecular flexibility index (Phi) is 7.25. The molecule has 0 amide bonds. The number of ether oxygens (including phenoxy) is 2. The Morgan fingerprint density at radius 1 is 1.27 bits per heavy atom. The van der Waals surface area contributed by atoms with Gasteiger partial charge in [-0.05, 0) is 38.1 Å². The largest absolute Gasteiger partial charge is 0.494 e. The minimum Gasteiger partial charge on any atom is -0.494 e. The zero-order chi connectivity index (χ0) is 17.8. The van der Waals surface area contributed by atoms with Gasteiger partial charge in [-0.25, -0.2) is 9.67 Å². The van der Waals surface area contributed by atoms with Crippen molar-refractivity contribution >= 4 is 35.2 Å². The molecule has 1 fully saturated rings. The molecule has 0 bridgehead atoms. The predicted molar refractivity (Wildman–Crippen MR) is 106 cm³/mol. The van der Waals surface area contributed by atoms with Crippen molar-refractivity contribution in [1.82, 2.24) is 4.68 Å². The normalized spacial score (nSPS) is 14.9. The topological polar surface area (TPSA) is 56.1 Å². The third kappa shape index (κ3) is 4.47. The fraction of sp³-hybridized carbons (Fsp3) is 0.444. The molecule has 0 aliphatic carbocycles. The highest BCUT2D eigenvalue weighted by Crippen LogP contribution is 2.19. The van der Waals surface area contributed by atoms with Crippen LogP contribution in [0, 0.1) is 6.92 Å². The van der Waals surface area contributed by atoms with E-state index in [0.29, 0.717) is 19.8 Å². The lowest BCUT2D eigenvalue weighted by atomic mass is 10.3. The number of morpholine rings is 1. The van der Waals surface area contributed by atoms with Crippen LogP contribution in [0.2, 0.25) is 0 Å². The van der Waals surface area contributed by atoms with Crippen LogP contribution in [0.3, 0.4) is 0 Å². The number of benzene rings is 1. The summed E-state index contributed by atoms with van der Waals surface area (Å²) in [5.41, 5.74) is 1.77. The first-order valence-corrected chi connectivity index (χ1v) is 9.25. The molecule has 1 aliphatic heterocycles. The van der Waals surface area contributed by atoms with Crippen LogP contribution in [0.5, 0.6) is 5.75 Å². The van der Waals surface area contributed by atoms with E-state index in [4.69, 9.17) is 14.5 Å². The first kappa shape index (κ1) is 20.5. The number of Topliss-reactive ketones (excluding diaryl/α,β-unsaturated/α-hetero) is 1. The number of carbonyl (C=O) groups excluding carboxylic acids is 1. The number of hydrogen-bond donors (Lipinski definition) is 0. The summed E-state index contributed by atoms with van der Waals surface area (Å²) < 4.78 is 13.0. The maximum Gasteiger partial charge on any atom is 0.209 e. The van der Waals surface area contributed by atoms with E-state index in [1.807, 2.05) is 38.1 Å². The lowest BCUT2D eigenvalue weighted by Crippen LogP contribution is -2.48. The summed E-state index contributed by atoms with van der Waals surface area (Å²) in [5.74, 6) is 0.895. The van der Waals surface area contributed by atoms with Gasteiger partial charge in [-0.3, -0.25) is 4.79 Å². The molecule has 1 aliphatic rings. The monoisotopic (exact) mass is 397 g/mol. The quantitative estimate of drug-likeness (QED) is 0.727. The van der Waals surface area contributed by atoms with Gasteiger partial charge in [-0.1, -0.05) is 11.3 Å². The molecule has 2 aromatic rings. The summed E-state index contributed by atoms with van der Waals surface area (Å²) in [4.78, 5) is 18.3. The Morgan fingerprint density at radius 2 is 1.92 bits per heavy atom. The molecule has 1 saturated heterocycles. The summed E-state index contributed by atoms with van der Waals surface area (Å²) in [6, 6.07) is 7.68. The molecule has 8 heteroatoms. The summed E-state index contributed by atoms with van der Waals surface area (Å²) in [7, 11) is 0. The summed E-state index contributed by atoms with van der Waals surface area (Å²) in [5, 5.41) is 2.19. The molecule has 0 unspecified atom stereocenters. The van der Waals surface area contributed by atoms with E-state index in [0.717, 1.165) is 39.9 Å². The number of rotatable bonds is 5. The average Bonchev–Trinajstić information content (AvgIpc) is 2.94. The van der Waals surface area contributed by atoms with Crippen molar-refractivity contribution in [2.75, 3.05) is 37.9 Å². The molecular weight excluding hydrogens is 374 g/mol. The zero-order valence-corrected chi connectivity index (χ0v) is 16.9. The molecule has 0 radical (unpaired) electrons. The SMILES string of the molecule is CCOc1ccc(N=c2sc(C(C)=O)c(C)n2N2CCOCC2)cc1.Cl. The van der Waals surface area contributed by atoms with Gasteiger partial charge in [0, 0.05) is 6.92 Å². The molecular formula is C18H24ClN3O3S. The van der Waals surface area contributed by atoms with Crippen LogP contribution in [0.15, 0.2) is 29.3 Å². The molecule has 3 rings (SSSR count). The highest BCUT2D eigenvalue weighted by molar-refractivity contribution is 7.11. The first-order valence-electron chi connectivity index (χ1n) is 8.44. The third-order valence-electron chi connectivity index (χ3n) is 3.98. The molecule has 1 aromatic heterocycles. The fourth-order valence-electron chi connectivity index (χ4n) is 2.83. The van der Waals surface area contributed by atoms with E-state index in [1.165, 1.54) is 11.3 Å². The van der Waals surface area contributed by atoms with Crippen molar-refractivity contribution in [1.29, 1.82) is 0 Å². The third-order valence-corrected chi connectivity index (χ3v) is 5.22. The van der Waals surface area contributed by atoms with E-state index in [9.17, 15) is 4.79 Å². The zero-order valence-electron chi connectivity index (χ0n) is 15.2. The molecule has 0 N–H and O–H groups in total. The Labute approximate surface area is 163 Å². The highest BCUT2D eigenvalue weighted by atomic mass is 35.5. The molecule has 142 valence electrons. The van der Waals surface area contributed by atoms with Crippen molar-refractivity contribution < 1.29 is 14.3 Å². The lowest BCUT2D eigenvalue weighted by molar-refractivity contribution is 0.101. The number of nitrogens with zero attached hydrogens (tertiary/aromatic N) is 3. The van der Waals surface area contributed by atoms with Crippen LogP contribution in [-0.2, 0) is 4.74 Å².